The van der Waals surface area contributed by atoms with Gasteiger partial charge in [0.2, 0.25) is 0 Å². The zero-order valence-electron chi connectivity index (χ0n) is 9.83. The van der Waals surface area contributed by atoms with Gasteiger partial charge in [0.1, 0.15) is 5.52 Å². The van der Waals surface area contributed by atoms with Gasteiger partial charge in [-0.3, -0.25) is 9.78 Å². The van der Waals surface area contributed by atoms with Crippen molar-refractivity contribution in [1.29, 1.82) is 0 Å². The molecule has 94 valence electrons. The van der Waals surface area contributed by atoms with Gasteiger partial charge < -0.3 is 4.98 Å². The molecular formula is C13H10N4O2. The number of rotatable bonds is 2. The molecular weight excluding hydrogens is 244 g/mol. The first kappa shape index (κ1) is 11.2. The molecule has 0 unspecified atom stereocenters. The van der Waals surface area contributed by atoms with E-state index in [0.717, 1.165) is 10.1 Å². The number of hydrogen-bond acceptors (Lipinski definition) is 3. The number of nitrogens with one attached hydrogen (secondary N) is 2. The Balaban J connectivity index is 2.13. The van der Waals surface area contributed by atoms with Gasteiger partial charge in [0.05, 0.1) is 6.33 Å². The zero-order chi connectivity index (χ0) is 13.2. The summed E-state index contributed by atoms with van der Waals surface area (Å²) in [4.78, 5) is 32.9. The zero-order valence-corrected chi connectivity index (χ0v) is 9.83. The Labute approximate surface area is 107 Å². The molecule has 0 fully saturated rings. The molecule has 3 rings (SSSR count). The van der Waals surface area contributed by atoms with Crippen LogP contribution in [0.2, 0.25) is 0 Å². The van der Waals surface area contributed by atoms with Gasteiger partial charge >= 0.3 is 5.69 Å². The molecule has 2 aromatic heterocycles. The highest BCUT2D eigenvalue weighted by atomic mass is 16.2. The average molecular weight is 254 g/mol. The molecule has 0 amide bonds. The number of aromatic amines is 2. The molecule has 1 aromatic carbocycles. The monoisotopic (exact) mass is 254 g/mol. The number of benzene rings is 1. The maximum absolute atomic E-state index is 12.1. The molecule has 2 heterocycles. The SMILES string of the molecule is O=c1[nH]c2nc[nH]c2c(=O)n1C=Cc1ccccc1. The van der Waals surface area contributed by atoms with E-state index in [-0.39, 0.29) is 11.2 Å². The van der Waals surface area contributed by atoms with Crippen molar-refractivity contribution in [2.75, 3.05) is 0 Å². The van der Waals surface area contributed by atoms with Gasteiger partial charge in [-0.25, -0.2) is 14.3 Å². The summed E-state index contributed by atoms with van der Waals surface area (Å²) >= 11 is 0. The summed E-state index contributed by atoms with van der Waals surface area (Å²) in [6, 6.07) is 9.41. The van der Waals surface area contributed by atoms with Crippen molar-refractivity contribution in [2.24, 2.45) is 0 Å². The molecule has 6 nitrogen and oxygen atoms in total. The highest BCUT2D eigenvalue weighted by molar-refractivity contribution is 5.69. The Hall–Kier alpha value is -2.89. The number of H-pyrrole nitrogens is 2. The average Bonchev–Trinajstić information content (AvgIpc) is 2.88. The van der Waals surface area contributed by atoms with Crippen LogP contribution in [0, 0.1) is 0 Å². The van der Waals surface area contributed by atoms with Crippen molar-refractivity contribution in [3.8, 4) is 0 Å². The summed E-state index contributed by atoms with van der Waals surface area (Å²) < 4.78 is 1.01. The molecule has 0 radical (unpaired) electrons. The van der Waals surface area contributed by atoms with Crippen LogP contribution in [0.4, 0.5) is 0 Å². The van der Waals surface area contributed by atoms with Crippen LogP contribution >= 0.6 is 0 Å². The number of hydrogen-bond donors (Lipinski definition) is 2. The van der Waals surface area contributed by atoms with E-state index in [1.54, 1.807) is 6.08 Å². The number of nitrogens with zero attached hydrogens (tertiary/aromatic N) is 2. The summed E-state index contributed by atoms with van der Waals surface area (Å²) in [7, 11) is 0. The smallest absolute Gasteiger partial charge is 0.334 e. The van der Waals surface area contributed by atoms with Gasteiger partial charge in [-0.05, 0) is 11.6 Å². The van der Waals surface area contributed by atoms with Gasteiger partial charge in [0.15, 0.2) is 5.65 Å². The largest absolute Gasteiger partial charge is 0.339 e. The normalized spacial score (nSPS) is 11.4. The standard InChI is InChI=1S/C13H10N4O2/c18-12-10-11(15-8-14-10)16-13(19)17(12)7-6-9-4-2-1-3-5-9/h1-8H,(H,14,15)(H,16,19). The summed E-state index contributed by atoms with van der Waals surface area (Å²) in [5.74, 6) is 0. The van der Waals surface area contributed by atoms with E-state index < -0.39 is 11.2 Å². The van der Waals surface area contributed by atoms with Crippen LogP contribution in [0.5, 0.6) is 0 Å². The second kappa shape index (κ2) is 4.41. The fraction of sp³-hybridized carbons (Fsp3) is 0. The minimum absolute atomic E-state index is 0.263. The van der Waals surface area contributed by atoms with E-state index in [9.17, 15) is 9.59 Å². The summed E-state index contributed by atoms with van der Waals surface area (Å²) in [5.41, 5.74) is 0.496. The highest BCUT2D eigenvalue weighted by Crippen LogP contribution is 2.01. The Morgan fingerprint density at radius 3 is 2.74 bits per heavy atom. The first-order valence-electron chi connectivity index (χ1n) is 5.67. The van der Waals surface area contributed by atoms with Crippen LogP contribution in [0.3, 0.4) is 0 Å². The third-order valence-electron chi connectivity index (χ3n) is 2.73. The fourth-order valence-corrected chi connectivity index (χ4v) is 1.79. The number of aromatic nitrogens is 4. The predicted molar refractivity (Wildman–Crippen MR) is 72.6 cm³/mol. The molecule has 0 aliphatic rings. The summed E-state index contributed by atoms with van der Waals surface area (Å²) in [6.45, 7) is 0. The first-order chi connectivity index (χ1) is 9.25. The molecule has 0 aliphatic carbocycles. The lowest BCUT2D eigenvalue weighted by Crippen LogP contribution is -2.31. The van der Waals surface area contributed by atoms with E-state index in [0.29, 0.717) is 0 Å². The number of fused-ring (bicyclic) bond motifs is 1. The maximum Gasteiger partial charge on any atom is 0.334 e. The molecule has 3 aromatic rings. The minimum Gasteiger partial charge on any atom is -0.339 e. The topological polar surface area (TPSA) is 83.5 Å². The van der Waals surface area contributed by atoms with E-state index in [4.69, 9.17) is 0 Å². The van der Waals surface area contributed by atoms with Gasteiger partial charge in [-0.1, -0.05) is 30.3 Å². The van der Waals surface area contributed by atoms with Crippen molar-refractivity contribution in [2.45, 2.75) is 0 Å². The Kier molecular flexibility index (Phi) is 2.60. The molecule has 0 saturated carbocycles. The second-order valence-corrected chi connectivity index (χ2v) is 3.96. The minimum atomic E-state index is -0.517. The van der Waals surface area contributed by atoms with Crippen molar-refractivity contribution in [3.05, 3.63) is 63.1 Å². The van der Waals surface area contributed by atoms with Gasteiger partial charge in [-0.15, -0.1) is 0 Å². The Morgan fingerprint density at radius 2 is 1.95 bits per heavy atom. The van der Waals surface area contributed by atoms with Crippen molar-refractivity contribution in [1.82, 2.24) is 19.5 Å². The summed E-state index contributed by atoms with van der Waals surface area (Å²) in [6.07, 6.45) is 4.50. The fourth-order valence-electron chi connectivity index (χ4n) is 1.79. The van der Waals surface area contributed by atoms with Gasteiger partial charge in [0, 0.05) is 6.20 Å². The number of imidazole rings is 1. The lowest BCUT2D eigenvalue weighted by Gasteiger charge is -1.97. The molecule has 0 aliphatic heterocycles. The highest BCUT2D eigenvalue weighted by Gasteiger charge is 2.06. The van der Waals surface area contributed by atoms with Crippen LogP contribution in [0.25, 0.3) is 23.4 Å². The van der Waals surface area contributed by atoms with E-state index in [1.807, 2.05) is 30.3 Å². The molecule has 6 heteroatoms. The molecule has 0 bridgehead atoms. The molecule has 0 saturated heterocycles. The second-order valence-electron chi connectivity index (χ2n) is 3.96. The molecule has 19 heavy (non-hydrogen) atoms. The van der Waals surface area contributed by atoms with Crippen molar-refractivity contribution < 1.29 is 0 Å². The van der Waals surface area contributed by atoms with Crippen LogP contribution in [0.15, 0.2) is 46.2 Å². The van der Waals surface area contributed by atoms with Crippen LogP contribution in [-0.2, 0) is 0 Å². The first-order valence-corrected chi connectivity index (χ1v) is 5.67. The molecule has 2 N–H and O–H groups in total. The summed E-state index contributed by atoms with van der Waals surface area (Å²) in [5, 5.41) is 0. The van der Waals surface area contributed by atoms with E-state index in [1.165, 1.54) is 12.5 Å². The van der Waals surface area contributed by atoms with Crippen molar-refractivity contribution in [3.63, 3.8) is 0 Å². The third kappa shape index (κ3) is 1.99. The lowest BCUT2D eigenvalue weighted by atomic mass is 10.2. The van der Waals surface area contributed by atoms with Crippen LogP contribution in [-0.4, -0.2) is 19.5 Å². The lowest BCUT2D eigenvalue weighted by molar-refractivity contribution is 0.947. The third-order valence-corrected chi connectivity index (χ3v) is 2.73. The Bertz CT molecular complexity index is 855. The maximum atomic E-state index is 12.1. The predicted octanol–water partition coefficient (Wildman–Crippen LogP) is 1.04. The molecule has 0 spiro atoms. The van der Waals surface area contributed by atoms with Crippen molar-refractivity contribution >= 4 is 23.4 Å². The van der Waals surface area contributed by atoms with E-state index in [2.05, 4.69) is 15.0 Å². The van der Waals surface area contributed by atoms with Crippen LogP contribution in [0.1, 0.15) is 5.56 Å². The molecule has 0 atom stereocenters. The quantitative estimate of drug-likeness (QED) is 0.716. The van der Waals surface area contributed by atoms with Crippen LogP contribution < -0.4 is 11.2 Å². The Morgan fingerprint density at radius 1 is 1.16 bits per heavy atom. The van der Waals surface area contributed by atoms with E-state index >= 15 is 0 Å². The van der Waals surface area contributed by atoms with Gasteiger partial charge in [0.25, 0.3) is 5.56 Å². The van der Waals surface area contributed by atoms with Gasteiger partial charge in [-0.2, -0.15) is 0 Å².